The fraction of sp³-hybridized carbons (Fsp3) is 0.200. The first-order chi connectivity index (χ1) is 6.68. The van der Waals surface area contributed by atoms with Crippen molar-refractivity contribution >= 4 is 38.9 Å². The first kappa shape index (κ1) is 10.3. The van der Waals surface area contributed by atoms with Crippen LogP contribution in [0, 0.1) is 6.92 Å². The van der Waals surface area contributed by atoms with E-state index in [1.165, 1.54) is 0 Å². The highest BCUT2D eigenvalue weighted by atomic mass is 79.9. The number of alkyl halides is 1. The number of hydrogen-bond acceptors (Lipinski definition) is 2. The molecule has 2 aromatic rings. The van der Waals surface area contributed by atoms with Gasteiger partial charge < -0.3 is 4.42 Å². The second-order valence-corrected chi connectivity index (χ2v) is 5.21. The van der Waals surface area contributed by atoms with Gasteiger partial charge in [0.25, 0.3) is 0 Å². The number of hydrogen-bond donors (Lipinski definition) is 0. The Kier molecular flexibility index (Phi) is 3.00. The standard InChI is InChI=1S/C10H8BrClOS/c1-6-2-3-8(13-6)9(11)10-7(12)4-5-14-10/h2-5,9H,1H3. The molecule has 0 aromatic carbocycles. The minimum absolute atomic E-state index is 0.0590. The number of thiophene rings is 1. The van der Waals surface area contributed by atoms with Crippen molar-refractivity contribution in [3.63, 3.8) is 0 Å². The molecule has 2 aromatic heterocycles. The van der Waals surface area contributed by atoms with E-state index in [1.807, 2.05) is 30.5 Å². The molecule has 0 bridgehead atoms. The molecule has 0 aliphatic heterocycles. The second-order valence-electron chi connectivity index (χ2n) is 2.94. The summed E-state index contributed by atoms with van der Waals surface area (Å²) in [4.78, 5) is 1.14. The van der Waals surface area contributed by atoms with Crippen LogP contribution in [-0.4, -0.2) is 0 Å². The average molecular weight is 292 g/mol. The highest BCUT2D eigenvalue weighted by molar-refractivity contribution is 9.09. The highest BCUT2D eigenvalue weighted by Crippen LogP contribution is 2.39. The third kappa shape index (κ3) is 1.90. The Bertz CT molecular complexity index is 435. The molecule has 0 spiro atoms. The lowest BCUT2D eigenvalue weighted by atomic mass is 10.3. The fourth-order valence-corrected chi connectivity index (χ4v) is 3.30. The third-order valence-corrected chi connectivity index (χ3v) is 4.52. The summed E-state index contributed by atoms with van der Waals surface area (Å²) in [7, 11) is 0. The van der Waals surface area contributed by atoms with E-state index in [0.717, 1.165) is 21.4 Å². The molecular formula is C10H8BrClOS. The highest BCUT2D eigenvalue weighted by Gasteiger charge is 2.17. The zero-order chi connectivity index (χ0) is 10.1. The Morgan fingerprint density at radius 1 is 1.43 bits per heavy atom. The molecule has 0 N–H and O–H groups in total. The monoisotopic (exact) mass is 290 g/mol. The predicted molar refractivity (Wildman–Crippen MR) is 63.5 cm³/mol. The second kappa shape index (κ2) is 4.09. The molecule has 0 saturated carbocycles. The van der Waals surface area contributed by atoms with Crippen LogP contribution in [0.4, 0.5) is 0 Å². The normalized spacial score (nSPS) is 13.1. The number of aryl methyl sites for hydroxylation is 1. The molecule has 1 atom stereocenters. The van der Waals surface area contributed by atoms with Gasteiger partial charge >= 0.3 is 0 Å². The van der Waals surface area contributed by atoms with Crippen LogP contribution in [0.2, 0.25) is 5.02 Å². The molecule has 0 aliphatic rings. The Hall–Kier alpha value is -0.250. The molecule has 2 heterocycles. The van der Waals surface area contributed by atoms with E-state index >= 15 is 0 Å². The van der Waals surface area contributed by atoms with Crippen molar-refractivity contribution < 1.29 is 4.42 Å². The predicted octanol–water partition coefficient (Wildman–Crippen LogP) is 4.79. The lowest BCUT2D eigenvalue weighted by Gasteiger charge is -2.04. The van der Waals surface area contributed by atoms with Crippen molar-refractivity contribution in [2.45, 2.75) is 11.8 Å². The van der Waals surface area contributed by atoms with Crippen LogP contribution < -0.4 is 0 Å². The SMILES string of the molecule is Cc1ccc(C(Br)c2sccc2Cl)o1. The maximum absolute atomic E-state index is 6.03. The summed E-state index contributed by atoms with van der Waals surface area (Å²) in [5, 5.41) is 2.76. The van der Waals surface area contributed by atoms with Gasteiger partial charge in [-0.15, -0.1) is 11.3 Å². The first-order valence-electron chi connectivity index (χ1n) is 4.12. The minimum atomic E-state index is 0.0590. The summed E-state index contributed by atoms with van der Waals surface area (Å²) in [5.41, 5.74) is 0. The largest absolute Gasteiger partial charge is 0.465 e. The number of furan rings is 1. The summed E-state index contributed by atoms with van der Waals surface area (Å²) < 4.78 is 5.53. The van der Waals surface area contributed by atoms with Crippen LogP contribution in [-0.2, 0) is 0 Å². The van der Waals surface area contributed by atoms with Gasteiger partial charge in [0, 0.05) is 4.88 Å². The summed E-state index contributed by atoms with van der Waals surface area (Å²) in [5.74, 6) is 1.81. The van der Waals surface area contributed by atoms with E-state index in [9.17, 15) is 0 Å². The molecule has 0 aliphatic carbocycles. The van der Waals surface area contributed by atoms with Gasteiger partial charge in [-0.3, -0.25) is 0 Å². The Labute approximate surface area is 99.8 Å². The van der Waals surface area contributed by atoms with Gasteiger partial charge in [0.1, 0.15) is 16.3 Å². The van der Waals surface area contributed by atoms with Crippen molar-refractivity contribution in [3.05, 3.63) is 45.0 Å². The molecule has 74 valence electrons. The summed E-state index contributed by atoms with van der Waals surface area (Å²) >= 11 is 11.2. The van der Waals surface area contributed by atoms with Crippen LogP contribution in [0.15, 0.2) is 28.0 Å². The van der Waals surface area contributed by atoms with Gasteiger partial charge in [-0.25, -0.2) is 0 Å². The summed E-state index contributed by atoms with van der Waals surface area (Å²) in [6.45, 7) is 1.93. The van der Waals surface area contributed by atoms with Gasteiger partial charge in [0.05, 0.1) is 5.02 Å². The van der Waals surface area contributed by atoms with Crippen LogP contribution in [0.3, 0.4) is 0 Å². The third-order valence-electron chi connectivity index (χ3n) is 1.89. The van der Waals surface area contributed by atoms with Crippen LogP contribution in [0.25, 0.3) is 0 Å². The molecule has 2 rings (SSSR count). The Balaban J connectivity index is 2.33. The van der Waals surface area contributed by atoms with Crippen LogP contribution in [0.5, 0.6) is 0 Å². The van der Waals surface area contributed by atoms with E-state index in [4.69, 9.17) is 16.0 Å². The first-order valence-corrected chi connectivity index (χ1v) is 6.29. The molecule has 1 nitrogen and oxygen atoms in total. The summed E-state index contributed by atoms with van der Waals surface area (Å²) in [6.07, 6.45) is 0. The van der Waals surface area contributed by atoms with Gasteiger partial charge in [-0.1, -0.05) is 27.5 Å². The van der Waals surface area contributed by atoms with Crippen molar-refractivity contribution in [2.24, 2.45) is 0 Å². The minimum Gasteiger partial charge on any atom is -0.465 e. The zero-order valence-corrected chi connectivity index (χ0v) is 10.6. The topological polar surface area (TPSA) is 13.1 Å². The van der Waals surface area contributed by atoms with Crippen LogP contribution in [0.1, 0.15) is 21.2 Å². The lowest BCUT2D eigenvalue weighted by molar-refractivity contribution is 0.493. The van der Waals surface area contributed by atoms with Crippen molar-refractivity contribution in [3.8, 4) is 0 Å². The van der Waals surface area contributed by atoms with Gasteiger partial charge in [-0.05, 0) is 30.5 Å². The molecule has 4 heteroatoms. The van der Waals surface area contributed by atoms with E-state index in [1.54, 1.807) is 11.3 Å². The fourth-order valence-electron chi connectivity index (χ4n) is 1.21. The molecular weight excluding hydrogens is 284 g/mol. The van der Waals surface area contributed by atoms with Crippen LogP contribution >= 0.6 is 38.9 Å². The molecule has 0 saturated heterocycles. The van der Waals surface area contributed by atoms with Gasteiger partial charge in [-0.2, -0.15) is 0 Å². The smallest absolute Gasteiger partial charge is 0.123 e. The van der Waals surface area contributed by atoms with Crippen molar-refractivity contribution in [1.82, 2.24) is 0 Å². The van der Waals surface area contributed by atoms with E-state index in [2.05, 4.69) is 15.9 Å². The number of rotatable bonds is 2. The number of halogens is 2. The van der Waals surface area contributed by atoms with E-state index in [0.29, 0.717) is 0 Å². The molecule has 0 amide bonds. The molecule has 1 unspecified atom stereocenters. The average Bonchev–Trinajstić information content (AvgIpc) is 2.73. The Morgan fingerprint density at radius 3 is 2.71 bits per heavy atom. The van der Waals surface area contributed by atoms with E-state index in [-0.39, 0.29) is 4.83 Å². The Morgan fingerprint density at radius 2 is 2.21 bits per heavy atom. The maximum atomic E-state index is 6.03. The molecule has 0 fully saturated rings. The van der Waals surface area contributed by atoms with E-state index < -0.39 is 0 Å². The quantitative estimate of drug-likeness (QED) is 0.725. The summed E-state index contributed by atoms with van der Waals surface area (Å²) in [6, 6.07) is 5.81. The van der Waals surface area contributed by atoms with Gasteiger partial charge in [0.2, 0.25) is 0 Å². The molecule has 0 radical (unpaired) electrons. The van der Waals surface area contributed by atoms with Crippen molar-refractivity contribution in [1.29, 1.82) is 0 Å². The maximum Gasteiger partial charge on any atom is 0.123 e. The van der Waals surface area contributed by atoms with Gasteiger partial charge in [0.15, 0.2) is 0 Å². The lowest BCUT2D eigenvalue weighted by Crippen LogP contribution is -1.86. The molecule has 14 heavy (non-hydrogen) atoms. The van der Waals surface area contributed by atoms with Crippen molar-refractivity contribution in [2.75, 3.05) is 0 Å². The zero-order valence-electron chi connectivity index (χ0n) is 7.46.